The van der Waals surface area contributed by atoms with Gasteiger partial charge >= 0.3 is 5.97 Å². The van der Waals surface area contributed by atoms with Gasteiger partial charge in [0.25, 0.3) is 0 Å². The van der Waals surface area contributed by atoms with Crippen molar-refractivity contribution in [3.05, 3.63) is 17.8 Å². The van der Waals surface area contributed by atoms with Crippen LogP contribution in [0.5, 0.6) is 0 Å². The monoisotopic (exact) mass is 177 g/mol. The molecule has 13 heavy (non-hydrogen) atoms. The van der Waals surface area contributed by atoms with Crippen LogP contribution in [-0.2, 0) is 4.74 Å². The molecule has 0 atom stereocenters. The van der Waals surface area contributed by atoms with E-state index in [4.69, 9.17) is 12.6 Å². The number of ether oxygens (including phenoxy) is 1. The summed E-state index contributed by atoms with van der Waals surface area (Å²) in [4.78, 5) is 14.1. The first-order chi connectivity index (χ1) is 5.88. The molecule has 0 spiro atoms. The second kappa shape index (κ2) is 3.28. The zero-order valence-corrected chi connectivity index (χ0v) is 8.05. The molecule has 0 saturated carbocycles. The molecule has 0 unspecified atom stereocenters. The lowest BCUT2D eigenvalue weighted by atomic mass is 10.1. The molecule has 0 aliphatic rings. The molecule has 1 rings (SSSR count). The van der Waals surface area contributed by atoms with Crippen molar-refractivity contribution < 1.29 is 9.53 Å². The molecule has 0 fully saturated rings. The molecule has 0 aliphatic heterocycles. The zero-order chi connectivity index (χ0) is 10.1. The van der Waals surface area contributed by atoms with Crippen LogP contribution in [0, 0.1) is 0 Å². The molecule has 2 radical (unpaired) electrons. The number of H-pyrrole nitrogens is 1. The summed E-state index contributed by atoms with van der Waals surface area (Å²) in [5.74, 6) is -0.361. The first kappa shape index (κ1) is 9.90. The van der Waals surface area contributed by atoms with Crippen LogP contribution in [0.3, 0.4) is 0 Å². The van der Waals surface area contributed by atoms with Gasteiger partial charge in [-0.25, -0.2) is 4.79 Å². The molecule has 0 amide bonds. The molecule has 1 heterocycles. The van der Waals surface area contributed by atoms with Crippen LogP contribution in [0.2, 0.25) is 0 Å². The Bertz CT molecular complexity index is 312. The Kier molecular flexibility index (Phi) is 2.50. The van der Waals surface area contributed by atoms with Crippen molar-refractivity contribution in [2.24, 2.45) is 0 Å². The van der Waals surface area contributed by atoms with Crippen molar-refractivity contribution in [1.82, 2.24) is 4.98 Å². The highest BCUT2D eigenvalue weighted by Gasteiger charge is 2.17. The fourth-order valence-electron chi connectivity index (χ4n) is 0.867. The average Bonchev–Trinajstić information content (AvgIpc) is 2.31. The summed E-state index contributed by atoms with van der Waals surface area (Å²) in [5.41, 5.74) is 0.441. The van der Waals surface area contributed by atoms with E-state index in [2.05, 4.69) is 4.98 Å². The van der Waals surface area contributed by atoms with Crippen LogP contribution in [-0.4, -0.2) is 24.4 Å². The highest BCUT2D eigenvalue weighted by Crippen LogP contribution is 2.10. The third-order valence-electron chi connectivity index (χ3n) is 1.34. The SMILES string of the molecule is [B]c1cc(C(=O)OC(C)(C)C)c[nH]1. The lowest BCUT2D eigenvalue weighted by Crippen LogP contribution is -2.23. The van der Waals surface area contributed by atoms with Crippen LogP contribution in [0.25, 0.3) is 0 Å². The summed E-state index contributed by atoms with van der Waals surface area (Å²) in [6.45, 7) is 5.46. The van der Waals surface area contributed by atoms with Gasteiger partial charge in [-0.2, -0.15) is 0 Å². The van der Waals surface area contributed by atoms with Gasteiger partial charge in [0.2, 0.25) is 0 Å². The van der Waals surface area contributed by atoms with Crippen LogP contribution < -0.4 is 5.59 Å². The van der Waals surface area contributed by atoms with Gasteiger partial charge in [-0.05, 0) is 32.4 Å². The minimum atomic E-state index is -0.469. The third kappa shape index (κ3) is 2.97. The van der Waals surface area contributed by atoms with Crippen molar-refractivity contribution in [3.63, 3.8) is 0 Å². The summed E-state index contributed by atoms with van der Waals surface area (Å²) < 4.78 is 5.12. The van der Waals surface area contributed by atoms with E-state index in [1.807, 2.05) is 20.8 Å². The predicted octanol–water partition coefficient (Wildman–Crippen LogP) is 0.764. The number of hydrogen-bond acceptors (Lipinski definition) is 2. The second-order valence-corrected chi connectivity index (χ2v) is 3.85. The Morgan fingerprint density at radius 1 is 1.54 bits per heavy atom. The molecule has 3 nitrogen and oxygen atoms in total. The van der Waals surface area contributed by atoms with Crippen molar-refractivity contribution in [3.8, 4) is 0 Å². The standard InChI is InChI=1S/C9H12BNO2/c1-9(2,3)13-8(12)6-4-7(10)11-5-6/h4-5,11H,1-3H3. The molecule has 0 bridgehead atoms. The molecular formula is C9H12BNO2. The summed E-state index contributed by atoms with van der Waals surface area (Å²) >= 11 is 0. The normalized spacial score (nSPS) is 11.3. The Balaban J connectivity index is 2.70. The largest absolute Gasteiger partial charge is 0.456 e. The number of rotatable bonds is 1. The van der Waals surface area contributed by atoms with Crippen LogP contribution in [0.15, 0.2) is 12.3 Å². The number of hydrogen-bond donors (Lipinski definition) is 1. The summed E-state index contributed by atoms with van der Waals surface area (Å²) in [6.07, 6.45) is 1.53. The Morgan fingerprint density at radius 3 is 2.54 bits per heavy atom. The molecule has 0 aliphatic carbocycles. The average molecular weight is 177 g/mol. The minimum Gasteiger partial charge on any atom is -0.456 e. The third-order valence-corrected chi connectivity index (χ3v) is 1.34. The number of esters is 1. The zero-order valence-electron chi connectivity index (χ0n) is 8.05. The van der Waals surface area contributed by atoms with Crippen LogP contribution in [0.4, 0.5) is 0 Å². The fraction of sp³-hybridized carbons (Fsp3) is 0.444. The Hall–Kier alpha value is -1.19. The quantitative estimate of drug-likeness (QED) is 0.508. The van der Waals surface area contributed by atoms with Gasteiger partial charge < -0.3 is 9.72 Å². The van der Waals surface area contributed by atoms with Crippen molar-refractivity contribution in [1.29, 1.82) is 0 Å². The van der Waals surface area contributed by atoms with Crippen molar-refractivity contribution in [2.45, 2.75) is 26.4 Å². The van der Waals surface area contributed by atoms with Gasteiger partial charge in [0.15, 0.2) is 0 Å². The van der Waals surface area contributed by atoms with Gasteiger partial charge in [0.05, 0.1) is 5.56 Å². The number of aromatic nitrogens is 1. The highest BCUT2D eigenvalue weighted by molar-refractivity contribution is 6.31. The molecular weight excluding hydrogens is 165 g/mol. The molecule has 1 aromatic rings. The van der Waals surface area contributed by atoms with Crippen molar-refractivity contribution >= 4 is 19.4 Å². The van der Waals surface area contributed by atoms with E-state index in [0.29, 0.717) is 11.2 Å². The number of carbonyl (C=O) groups is 1. The smallest absolute Gasteiger partial charge is 0.340 e. The minimum absolute atomic E-state index is 0.361. The molecule has 1 aromatic heterocycles. The van der Waals surface area contributed by atoms with Gasteiger partial charge in [-0.3, -0.25) is 0 Å². The maximum absolute atomic E-state index is 11.4. The maximum Gasteiger partial charge on any atom is 0.340 e. The van der Waals surface area contributed by atoms with Gasteiger partial charge in [-0.15, -0.1) is 0 Å². The van der Waals surface area contributed by atoms with Crippen LogP contribution in [0.1, 0.15) is 31.1 Å². The molecule has 4 heteroatoms. The van der Waals surface area contributed by atoms with E-state index in [9.17, 15) is 4.79 Å². The van der Waals surface area contributed by atoms with E-state index in [1.54, 1.807) is 6.07 Å². The topological polar surface area (TPSA) is 42.1 Å². The molecule has 1 N–H and O–H groups in total. The summed E-state index contributed by atoms with van der Waals surface area (Å²) in [5, 5.41) is 0. The Labute approximate surface area is 78.9 Å². The van der Waals surface area contributed by atoms with E-state index < -0.39 is 5.60 Å². The van der Waals surface area contributed by atoms with E-state index in [1.165, 1.54) is 6.20 Å². The second-order valence-electron chi connectivity index (χ2n) is 3.85. The Morgan fingerprint density at radius 2 is 2.15 bits per heavy atom. The van der Waals surface area contributed by atoms with Crippen LogP contribution >= 0.6 is 0 Å². The summed E-state index contributed by atoms with van der Waals surface area (Å²) in [6, 6.07) is 1.55. The van der Waals surface area contributed by atoms with E-state index in [-0.39, 0.29) is 5.97 Å². The number of nitrogens with one attached hydrogen (secondary N) is 1. The maximum atomic E-state index is 11.4. The lowest BCUT2D eigenvalue weighted by molar-refractivity contribution is 0.00698. The first-order valence-electron chi connectivity index (χ1n) is 4.06. The first-order valence-corrected chi connectivity index (χ1v) is 4.06. The highest BCUT2D eigenvalue weighted by atomic mass is 16.6. The van der Waals surface area contributed by atoms with E-state index >= 15 is 0 Å². The van der Waals surface area contributed by atoms with Gasteiger partial charge in [-0.1, -0.05) is 0 Å². The molecule has 0 saturated heterocycles. The van der Waals surface area contributed by atoms with Gasteiger partial charge in [0.1, 0.15) is 13.4 Å². The fourth-order valence-corrected chi connectivity index (χ4v) is 0.867. The molecule has 68 valence electrons. The van der Waals surface area contributed by atoms with Gasteiger partial charge in [0, 0.05) is 6.20 Å². The lowest BCUT2D eigenvalue weighted by Gasteiger charge is -2.18. The van der Waals surface area contributed by atoms with E-state index in [0.717, 1.165) is 0 Å². The predicted molar refractivity (Wildman–Crippen MR) is 51.3 cm³/mol. The van der Waals surface area contributed by atoms with Crippen molar-refractivity contribution in [2.75, 3.05) is 0 Å². The molecule has 0 aromatic carbocycles. The number of aromatic amines is 1. The number of carbonyl (C=O) groups excluding carboxylic acids is 1. The summed E-state index contributed by atoms with van der Waals surface area (Å²) in [7, 11) is 5.42.